The van der Waals surface area contributed by atoms with Crippen LogP contribution < -0.4 is 4.90 Å². The Labute approximate surface area is 131 Å². The van der Waals surface area contributed by atoms with Crippen molar-refractivity contribution >= 4 is 17.3 Å². The average molecular weight is 330 g/mol. The first-order valence-corrected chi connectivity index (χ1v) is 7.03. The van der Waals surface area contributed by atoms with Gasteiger partial charge in [-0.05, 0) is 23.8 Å². The highest BCUT2D eigenvalue weighted by Crippen LogP contribution is 2.26. The van der Waals surface area contributed by atoms with Crippen LogP contribution in [0.25, 0.3) is 0 Å². The summed E-state index contributed by atoms with van der Waals surface area (Å²) in [5.41, 5.74) is 1.37. The van der Waals surface area contributed by atoms with E-state index in [1.165, 1.54) is 4.90 Å². The molecule has 0 aliphatic heterocycles. The van der Waals surface area contributed by atoms with E-state index in [0.717, 1.165) is 5.56 Å². The van der Waals surface area contributed by atoms with Crippen LogP contribution in [0.4, 0.5) is 18.9 Å². The molecule has 0 saturated heterocycles. The van der Waals surface area contributed by atoms with E-state index in [0.29, 0.717) is 10.7 Å². The zero-order chi connectivity index (χ0) is 16.2. The summed E-state index contributed by atoms with van der Waals surface area (Å²) in [5, 5.41) is 9.79. The predicted octanol–water partition coefficient (Wildman–Crippen LogP) is 4.27. The van der Waals surface area contributed by atoms with Crippen LogP contribution in [0.3, 0.4) is 0 Å². The van der Waals surface area contributed by atoms with Gasteiger partial charge in [-0.2, -0.15) is 13.2 Å². The Morgan fingerprint density at radius 1 is 1.05 bits per heavy atom. The third-order valence-electron chi connectivity index (χ3n) is 3.16. The van der Waals surface area contributed by atoms with Gasteiger partial charge >= 0.3 is 6.18 Å². The molecule has 0 spiro atoms. The van der Waals surface area contributed by atoms with Crippen LogP contribution in [-0.2, 0) is 6.54 Å². The minimum atomic E-state index is -4.66. The first kappa shape index (κ1) is 16.6. The fourth-order valence-electron chi connectivity index (χ4n) is 2.05. The number of benzene rings is 2. The van der Waals surface area contributed by atoms with Gasteiger partial charge in [0.1, 0.15) is 0 Å². The second-order valence-electron chi connectivity index (χ2n) is 4.90. The lowest BCUT2D eigenvalue weighted by atomic mass is 10.1. The van der Waals surface area contributed by atoms with Gasteiger partial charge < -0.3 is 10.0 Å². The Balaban J connectivity index is 2.24. The van der Waals surface area contributed by atoms with Gasteiger partial charge in [0.25, 0.3) is 0 Å². The van der Waals surface area contributed by atoms with E-state index in [-0.39, 0.29) is 6.54 Å². The molecule has 2 aromatic rings. The summed E-state index contributed by atoms with van der Waals surface area (Å²) in [7, 11) is 0. The number of aliphatic hydroxyl groups is 1. The molecule has 22 heavy (non-hydrogen) atoms. The average Bonchev–Trinajstić information content (AvgIpc) is 2.46. The molecular weight excluding hydrogens is 315 g/mol. The summed E-state index contributed by atoms with van der Waals surface area (Å²) >= 11 is 5.91. The van der Waals surface area contributed by atoms with Gasteiger partial charge in [0, 0.05) is 17.3 Å². The van der Waals surface area contributed by atoms with Gasteiger partial charge in [0.05, 0.1) is 6.54 Å². The van der Waals surface area contributed by atoms with E-state index in [2.05, 4.69) is 0 Å². The molecule has 0 amide bonds. The molecule has 2 nitrogen and oxygen atoms in total. The van der Waals surface area contributed by atoms with Crippen LogP contribution in [0.1, 0.15) is 5.56 Å². The lowest BCUT2D eigenvalue weighted by molar-refractivity contribution is -0.200. The van der Waals surface area contributed by atoms with E-state index in [1.54, 1.807) is 24.3 Å². The number of hydrogen-bond donors (Lipinski definition) is 1. The first-order chi connectivity index (χ1) is 10.4. The molecule has 118 valence electrons. The van der Waals surface area contributed by atoms with Gasteiger partial charge in [0.2, 0.25) is 0 Å². The highest BCUT2D eigenvalue weighted by Gasteiger charge is 2.39. The molecular formula is C16H15ClF3NO. The standard InChI is InChI=1S/C16H15ClF3NO/c17-13-7-4-8-14(9-13)21(11-15(22)16(18,19)20)10-12-5-2-1-3-6-12/h1-9,15,22H,10-11H2. The molecule has 1 unspecified atom stereocenters. The Kier molecular flexibility index (Phi) is 5.32. The van der Waals surface area contributed by atoms with Gasteiger partial charge in [-0.1, -0.05) is 48.0 Å². The van der Waals surface area contributed by atoms with Crippen molar-refractivity contribution in [3.63, 3.8) is 0 Å². The topological polar surface area (TPSA) is 23.5 Å². The molecule has 0 heterocycles. The van der Waals surface area contributed by atoms with Crippen molar-refractivity contribution in [2.24, 2.45) is 0 Å². The normalized spacial score (nSPS) is 13.0. The molecule has 0 fully saturated rings. The summed E-state index contributed by atoms with van der Waals surface area (Å²) in [4.78, 5) is 1.46. The number of anilines is 1. The molecule has 0 aromatic heterocycles. The van der Waals surface area contributed by atoms with E-state index in [4.69, 9.17) is 11.6 Å². The maximum Gasteiger partial charge on any atom is 0.416 e. The van der Waals surface area contributed by atoms with Crippen LogP contribution in [0, 0.1) is 0 Å². The molecule has 2 aromatic carbocycles. The Hall–Kier alpha value is -1.72. The minimum Gasteiger partial charge on any atom is -0.382 e. The molecule has 0 radical (unpaired) electrons. The van der Waals surface area contributed by atoms with Crippen molar-refractivity contribution < 1.29 is 18.3 Å². The van der Waals surface area contributed by atoms with Crippen LogP contribution in [0.5, 0.6) is 0 Å². The molecule has 0 bridgehead atoms. The predicted molar refractivity (Wildman–Crippen MR) is 81.0 cm³/mol. The van der Waals surface area contributed by atoms with E-state index in [1.807, 2.05) is 30.3 Å². The smallest absolute Gasteiger partial charge is 0.382 e. The molecule has 2 rings (SSSR count). The quantitative estimate of drug-likeness (QED) is 0.885. The van der Waals surface area contributed by atoms with Crippen molar-refractivity contribution in [3.8, 4) is 0 Å². The van der Waals surface area contributed by atoms with Crippen LogP contribution in [0.2, 0.25) is 5.02 Å². The zero-order valence-corrected chi connectivity index (χ0v) is 12.3. The monoisotopic (exact) mass is 329 g/mol. The highest BCUT2D eigenvalue weighted by atomic mass is 35.5. The van der Waals surface area contributed by atoms with Gasteiger partial charge in [-0.15, -0.1) is 0 Å². The van der Waals surface area contributed by atoms with Crippen molar-refractivity contribution in [2.45, 2.75) is 18.8 Å². The SMILES string of the molecule is OC(CN(Cc1ccccc1)c1cccc(Cl)c1)C(F)(F)F. The largest absolute Gasteiger partial charge is 0.416 e. The maximum absolute atomic E-state index is 12.6. The third kappa shape index (κ3) is 4.64. The van der Waals surface area contributed by atoms with Crippen molar-refractivity contribution in [3.05, 3.63) is 65.2 Å². The van der Waals surface area contributed by atoms with Gasteiger partial charge in [-0.3, -0.25) is 0 Å². The molecule has 0 aliphatic carbocycles. The molecule has 0 aliphatic rings. The van der Waals surface area contributed by atoms with Gasteiger partial charge in [0.15, 0.2) is 6.10 Å². The van der Waals surface area contributed by atoms with Crippen molar-refractivity contribution in [1.82, 2.24) is 0 Å². The highest BCUT2D eigenvalue weighted by molar-refractivity contribution is 6.30. The summed E-state index contributed by atoms with van der Waals surface area (Å²) in [5.74, 6) is 0. The van der Waals surface area contributed by atoms with Crippen molar-refractivity contribution in [2.75, 3.05) is 11.4 Å². The number of halogens is 4. The van der Waals surface area contributed by atoms with Crippen LogP contribution in [-0.4, -0.2) is 23.9 Å². The second-order valence-corrected chi connectivity index (χ2v) is 5.34. The van der Waals surface area contributed by atoms with Crippen LogP contribution >= 0.6 is 11.6 Å². The van der Waals surface area contributed by atoms with E-state index < -0.39 is 18.8 Å². The Morgan fingerprint density at radius 3 is 2.32 bits per heavy atom. The Morgan fingerprint density at radius 2 is 1.73 bits per heavy atom. The fourth-order valence-corrected chi connectivity index (χ4v) is 2.23. The second kappa shape index (κ2) is 7.03. The minimum absolute atomic E-state index is 0.244. The number of aliphatic hydroxyl groups excluding tert-OH is 1. The summed E-state index contributed by atoms with van der Waals surface area (Å²) in [6, 6.07) is 15.6. The number of alkyl halides is 3. The molecule has 1 N–H and O–H groups in total. The lowest BCUT2D eigenvalue weighted by Crippen LogP contribution is -2.40. The maximum atomic E-state index is 12.6. The molecule has 6 heteroatoms. The van der Waals surface area contributed by atoms with E-state index in [9.17, 15) is 18.3 Å². The molecule has 0 saturated carbocycles. The number of nitrogens with zero attached hydrogens (tertiary/aromatic N) is 1. The summed E-state index contributed by atoms with van der Waals surface area (Å²) < 4.78 is 37.9. The van der Waals surface area contributed by atoms with E-state index >= 15 is 0 Å². The third-order valence-corrected chi connectivity index (χ3v) is 3.40. The van der Waals surface area contributed by atoms with Crippen LogP contribution in [0.15, 0.2) is 54.6 Å². The molecule has 1 atom stereocenters. The first-order valence-electron chi connectivity index (χ1n) is 6.65. The zero-order valence-electron chi connectivity index (χ0n) is 11.6. The summed E-state index contributed by atoms with van der Waals surface area (Å²) in [6.07, 6.45) is -7.08. The van der Waals surface area contributed by atoms with Gasteiger partial charge in [-0.25, -0.2) is 0 Å². The number of rotatable bonds is 5. The lowest BCUT2D eigenvalue weighted by Gasteiger charge is -2.28. The summed E-state index contributed by atoms with van der Waals surface area (Å²) in [6.45, 7) is -0.312. The fraction of sp³-hybridized carbons (Fsp3) is 0.250. The Bertz CT molecular complexity index is 604. The van der Waals surface area contributed by atoms with Crippen molar-refractivity contribution in [1.29, 1.82) is 0 Å². The number of hydrogen-bond acceptors (Lipinski definition) is 2.